The minimum Gasteiger partial charge on any atom is -0.465 e. The molecule has 84 valence electrons. The maximum absolute atomic E-state index is 11.6. The molecule has 0 radical (unpaired) electrons. The summed E-state index contributed by atoms with van der Waals surface area (Å²) in [6, 6.07) is 5.06. The predicted molar refractivity (Wildman–Crippen MR) is 64.8 cm³/mol. The molecule has 3 rings (SSSR count). The molecule has 3 aromatic rings. The molecule has 0 aromatic carbocycles. The summed E-state index contributed by atoms with van der Waals surface area (Å²) in [5.41, 5.74) is 2.00. The van der Waals surface area contributed by atoms with E-state index in [0.717, 1.165) is 5.76 Å². The van der Waals surface area contributed by atoms with Gasteiger partial charge in [0.05, 0.1) is 12.0 Å². The maximum Gasteiger partial charge on any atom is 0.275 e. The number of aromatic nitrogens is 3. The highest BCUT2D eigenvalue weighted by atomic mass is 32.1. The van der Waals surface area contributed by atoms with Crippen molar-refractivity contribution >= 4 is 28.4 Å². The lowest BCUT2D eigenvalue weighted by Crippen LogP contribution is -2.13. The zero-order valence-electron chi connectivity index (χ0n) is 8.61. The third-order valence-electron chi connectivity index (χ3n) is 2.17. The molecule has 0 fully saturated rings. The van der Waals surface area contributed by atoms with Crippen molar-refractivity contribution in [2.75, 3.05) is 0 Å². The molecule has 0 N–H and O–H groups in total. The molecule has 0 saturated carbocycles. The zero-order valence-corrected chi connectivity index (χ0v) is 9.42. The highest BCUT2D eigenvalue weighted by Gasteiger charge is 2.01. The average Bonchev–Trinajstić information content (AvgIpc) is 2.97. The average molecular weight is 245 g/mol. The van der Waals surface area contributed by atoms with Crippen molar-refractivity contribution in [1.82, 2.24) is 14.6 Å². The first kappa shape index (κ1) is 9.98. The van der Waals surface area contributed by atoms with Gasteiger partial charge in [-0.25, -0.2) is 4.98 Å². The first-order valence-electron chi connectivity index (χ1n) is 4.88. The van der Waals surface area contributed by atoms with Crippen LogP contribution in [0.2, 0.25) is 0 Å². The smallest absolute Gasteiger partial charge is 0.275 e. The summed E-state index contributed by atoms with van der Waals surface area (Å²) >= 11 is 1.32. The molecule has 0 aliphatic carbocycles. The van der Waals surface area contributed by atoms with Gasteiger partial charge in [-0.15, -0.1) is 0 Å². The van der Waals surface area contributed by atoms with E-state index in [1.165, 1.54) is 21.9 Å². The summed E-state index contributed by atoms with van der Waals surface area (Å²) in [5.74, 6) is 0.719. The fourth-order valence-corrected chi connectivity index (χ4v) is 2.04. The van der Waals surface area contributed by atoms with Crippen molar-refractivity contribution in [3.63, 3.8) is 0 Å². The standard InChI is InChI=1S/C11H7N3O2S/c15-10-6-8(3-4-9-2-1-5-16-9)13-11-14(10)12-7-17-11/h1-7H. The van der Waals surface area contributed by atoms with Crippen molar-refractivity contribution in [3.8, 4) is 0 Å². The molecule has 0 amide bonds. The van der Waals surface area contributed by atoms with Crippen LogP contribution in [-0.4, -0.2) is 14.6 Å². The van der Waals surface area contributed by atoms with Crippen LogP contribution in [0.5, 0.6) is 0 Å². The largest absolute Gasteiger partial charge is 0.465 e. The van der Waals surface area contributed by atoms with Gasteiger partial charge in [0.15, 0.2) is 0 Å². The second-order valence-corrected chi connectivity index (χ2v) is 4.11. The molecule has 0 aliphatic heterocycles. The Morgan fingerprint density at radius 1 is 1.41 bits per heavy atom. The Morgan fingerprint density at radius 2 is 2.35 bits per heavy atom. The van der Waals surface area contributed by atoms with Crippen LogP contribution in [0.25, 0.3) is 17.1 Å². The molecular formula is C11H7N3O2S. The molecule has 0 aliphatic rings. The van der Waals surface area contributed by atoms with Crippen LogP contribution in [0.3, 0.4) is 0 Å². The Labute approximate surface area is 99.7 Å². The van der Waals surface area contributed by atoms with E-state index in [4.69, 9.17) is 4.42 Å². The molecule has 17 heavy (non-hydrogen) atoms. The summed E-state index contributed by atoms with van der Waals surface area (Å²) in [5, 5.41) is 3.89. The van der Waals surface area contributed by atoms with E-state index in [2.05, 4.69) is 10.1 Å². The van der Waals surface area contributed by atoms with Gasteiger partial charge in [0, 0.05) is 6.07 Å². The highest BCUT2D eigenvalue weighted by molar-refractivity contribution is 7.14. The molecule has 3 aromatic heterocycles. The minimum atomic E-state index is -0.185. The third-order valence-corrected chi connectivity index (χ3v) is 2.84. The first-order valence-corrected chi connectivity index (χ1v) is 5.76. The van der Waals surface area contributed by atoms with E-state index in [0.29, 0.717) is 10.7 Å². The second kappa shape index (κ2) is 3.99. The molecule has 0 unspecified atom stereocenters. The predicted octanol–water partition coefficient (Wildman–Crippen LogP) is 1.91. The van der Waals surface area contributed by atoms with Crippen LogP contribution in [-0.2, 0) is 0 Å². The van der Waals surface area contributed by atoms with Crippen molar-refractivity contribution in [2.24, 2.45) is 0 Å². The summed E-state index contributed by atoms with van der Waals surface area (Å²) in [7, 11) is 0. The monoisotopic (exact) mass is 245 g/mol. The number of hydrogen-bond acceptors (Lipinski definition) is 5. The van der Waals surface area contributed by atoms with E-state index in [-0.39, 0.29) is 5.56 Å². The SMILES string of the molecule is O=c1cc(C=Cc2ccco2)nc2scnn12. The molecule has 0 saturated heterocycles. The lowest BCUT2D eigenvalue weighted by molar-refractivity contribution is 0.557. The summed E-state index contributed by atoms with van der Waals surface area (Å²) in [6.45, 7) is 0. The van der Waals surface area contributed by atoms with Crippen LogP contribution >= 0.6 is 11.3 Å². The van der Waals surface area contributed by atoms with E-state index in [1.807, 2.05) is 6.07 Å². The molecule has 0 bridgehead atoms. The van der Waals surface area contributed by atoms with E-state index >= 15 is 0 Å². The number of furan rings is 1. The summed E-state index contributed by atoms with van der Waals surface area (Å²) in [6.07, 6.45) is 5.09. The molecule has 0 spiro atoms. The van der Waals surface area contributed by atoms with Gasteiger partial charge in [-0.05, 0) is 24.3 Å². The lowest BCUT2D eigenvalue weighted by Gasteiger charge is -1.92. The Bertz CT molecular complexity index is 725. The van der Waals surface area contributed by atoms with Gasteiger partial charge in [-0.3, -0.25) is 4.79 Å². The van der Waals surface area contributed by atoms with Crippen molar-refractivity contribution in [3.05, 3.63) is 51.8 Å². The molecule has 0 atom stereocenters. The summed E-state index contributed by atoms with van der Waals surface area (Å²) < 4.78 is 6.42. The van der Waals surface area contributed by atoms with Gasteiger partial charge >= 0.3 is 0 Å². The van der Waals surface area contributed by atoms with Crippen molar-refractivity contribution in [1.29, 1.82) is 0 Å². The molecular weight excluding hydrogens is 238 g/mol. The maximum atomic E-state index is 11.6. The van der Waals surface area contributed by atoms with E-state index in [9.17, 15) is 4.79 Å². The number of fused-ring (bicyclic) bond motifs is 1. The number of hydrogen-bond donors (Lipinski definition) is 0. The molecule has 6 heteroatoms. The van der Waals surface area contributed by atoms with Crippen LogP contribution in [0.1, 0.15) is 11.5 Å². The first-order chi connectivity index (χ1) is 8.33. The van der Waals surface area contributed by atoms with Gasteiger partial charge in [0.2, 0.25) is 4.96 Å². The fraction of sp³-hybridized carbons (Fsp3) is 0. The molecule has 3 heterocycles. The lowest BCUT2D eigenvalue weighted by atomic mass is 10.3. The van der Waals surface area contributed by atoms with Crippen LogP contribution in [0.4, 0.5) is 0 Å². The van der Waals surface area contributed by atoms with Crippen molar-refractivity contribution < 1.29 is 4.42 Å². The summed E-state index contributed by atoms with van der Waals surface area (Å²) in [4.78, 5) is 16.5. The van der Waals surface area contributed by atoms with E-state index < -0.39 is 0 Å². The van der Waals surface area contributed by atoms with Gasteiger partial charge in [-0.1, -0.05) is 11.3 Å². The molecule has 5 nitrogen and oxygen atoms in total. The minimum absolute atomic E-state index is 0.185. The Morgan fingerprint density at radius 3 is 3.18 bits per heavy atom. The van der Waals surface area contributed by atoms with E-state index in [1.54, 1.807) is 30.0 Å². The van der Waals surface area contributed by atoms with Crippen molar-refractivity contribution in [2.45, 2.75) is 0 Å². The quantitative estimate of drug-likeness (QED) is 0.692. The van der Waals surface area contributed by atoms with Gasteiger partial charge in [0.1, 0.15) is 11.3 Å². The number of rotatable bonds is 2. The Hall–Kier alpha value is -2.21. The van der Waals surface area contributed by atoms with Gasteiger partial charge in [-0.2, -0.15) is 9.61 Å². The van der Waals surface area contributed by atoms with Crippen LogP contribution < -0.4 is 5.56 Å². The Kier molecular flexibility index (Phi) is 2.34. The van der Waals surface area contributed by atoms with Gasteiger partial charge in [0.25, 0.3) is 5.56 Å². The third kappa shape index (κ3) is 1.90. The zero-order chi connectivity index (χ0) is 11.7. The van der Waals surface area contributed by atoms with Gasteiger partial charge < -0.3 is 4.42 Å². The topological polar surface area (TPSA) is 60.4 Å². The van der Waals surface area contributed by atoms with Crippen LogP contribution in [0, 0.1) is 0 Å². The second-order valence-electron chi connectivity index (χ2n) is 3.30. The van der Waals surface area contributed by atoms with Crippen LogP contribution in [0.15, 0.2) is 39.2 Å². The Balaban J connectivity index is 2.03. The number of nitrogens with zero attached hydrogens (tertiary/aromatic N) is 3. The normalized spacial score (nSPS) is 11.5. The fourth-order valence-electron chi connectivity index (χ4n) is 1.41. The highest BCUT2D eigenvalue weighted by Crippen LogP contribution is 2.08.